The lowest BCUT2D eigenvalue weighted by molar-refractivity contribution is -0.137. The van der Waals surface area contributed by atoms with E-state index in [4.69, 9.17) is 38.0 Å². The Morgan fingerprint density at radius 2 is 2.18 bits per heavy atom. The molecule has 0 unspecified atom stereocenters. The van der Waals surface area contributed by atoms with E-state index in [2.05, 4.69) is 15.6 Å². The number of H-pyrrole nitrogens is 1. The zero-order chi connectivity index (χ0) is 19.9. The second-order valence-electron chi connectivity index (χ2n) is 5.99. The van der Waals surface area contributed by atoms with Crippen molar-refractivity contribution in [2.75, 3.05) is 44.9 Å². The highest BCUT2D eigenvalue weighted by atomic mass is 35.5. The molecule has 1 aliphatic heterocycles. The summed E-state index contributed by atoms with van der Waals surface area (Å²) in [6.45, 7) is 4.85. The molecule has 0 radical (unpaired) electrons. The Bertz CT molecular complexity index is 865. The van der Waals surface area contributed by atoms with Crippen LogP contribution in [0.1, 0.15) is 12.5 Å². The molecule has 1 amide bonds. The second kappa shape index (κ2) is 9.76. The van der Waals surface area contributed by atoms with Crippen LogP contribution in [0.15, 0.2) is 18.5 Å². The highest BCUT2D eigenvalue weighted by Crippen LogP contribution is 2.36. The summed E-state index contributed by atoms with van der Waals surface area (Å²) >= 11 is 11.5. The van der Waals surface area contributed by atoms with E-state index >= 15 is 0 Å². The number of carbonyl (C=O) groups is 1. The van der Waals surface area contributed by atoms with Gasteiger partial charge in [-0.1, -0.05) is 11.6 Å². The number of benzene rings is 1. The molecule has 0 aliphatic carbocycles. The Morgan fingerprint density at radius 1 is 1.39 bits per heavy atom. The number of nitrogens with one attached hydrogen (secondary N) is 2. The first-order valence-corrected chi connectivity index (χ1v) is 9.66. The summed E-state index contributed by atoms with van der Waals surface area (Å²) < 4.78 is 18.7. The Hall–Kier alpha value is -2.30. The predicted octanol–water partition coefficient (Wildman–Crippen LogP) is 1.97. The lowest BCUT2D eigenvalue weighted by Crippen LogP contribution is -2.43. The molecule has 152 valence electrons. The largest absolute Gasteiger partial charge is 0.490 e. The summed E-state index contributed by atoms with van der Waals surface area (Å²) in [5.41, 5.74) is 3.97. The fourth-order valence-electron chi connectivity index (χ4n) is 2.70. The van der Waals surface area contributed by atoms with Crippen LogP contribution in [-0.4, -0.2) is 65.2 Å². The van der Waals surface area contributed by atoms with E-state index in [1.54, 1.807) is 22.0 Å². The van der Waals surface area contributed by atoms with Crippen molar-refractivity contribution in [2.24, 2.45) is 0 Å². The van der Waals surface area contributed by atoms with E-state index in [0.717, 1.165) is 5.56 Å². The standard InChI is InChI=1S/C17H22ClN5O4S/c1-2-26-14-8-12(9-20-23-11-19-21-17(23)28)7-13(18)16(14)27-10-15(24)22-3-5-25-6-4-22/h7-8,11,20H,2-6,9-10H2,1H3,(H,21,28). The normalized spacial score (nSPS) is 14.0. The Morgan fingerprint density at radius 3 is 2.86 bits per heavy atom. The number of aromatic nitrogens is 3. The third kappa shape index (κ3) is 5.15. The topological polar surface area (TPSA) is 93.6 Å². The molecule has 2 heterocycles. The predicted molar refractivity (Wildman–Crippen MR) is 106 cm³/mol. The van der Waals surface area contributed by atoms with Crippen molar-refractivity contribution >= 4 is 29.7 Å². The van der Waals surface area contributed by atoms with Crippen molar-refractivity contribution in [1.29, 1.82) is 0 Å². The number of hydrogen-bond acceptors (Lipinski definition) is 7. The van der Waals surface area contributed by atoms with Gasteiger partial charge in [0.05, 0.1) is 31.4 Å². The average Bonchev–Trinajstić information content (AvgIpc) is 3.11. The van der Waals surface area contributed by atoms with Gasteiger partial charge in [0, 0.05) is 13.1 Å². The Labute approximate surface area is 172 Å². The lowest BCUT2D eigenvalue weighted by atomic mass is 10.2. The van der Waals surface area contributed by atoms with Gasteiger partial charge in [0.15, 0.2) is 18.1 Å². The smallest absolute Gasteiger partial charge is 0.260 e. The molecule has 9 nitrogen and oxygen atoms in total. The number of aromatic amines is 1. The Kier molecular flexibility index (Phi) is 7.12. The molecule has 1 fully saturated rings. The number of carbonyl (C=O) groups excluding carboxylic acids is 1. The SMILES string of the molecule is CCOc1cc(CNn2cn[nH]c2=S)cc(Cl)c1OCC(=O)N1CCOCC1. The molecule has 2 N–H and O–H groups in total. The van der Waals surface area contributed by atoms with Gasteiger partial charge in [-0.2, -0.15) is 5.10 Å². The fraction of sp³-hybridized carbons (Fsp3) is 0.471. The van der Waals surface area contributed by atoms with Gasteiger partial charge in [-0.05, 0) is 36.8 Å². The van der Waals surface area contributed by atoms with E-state index in [9.17, 15) is 4.79 Å². The number of halogens is 1. The maximum atomic E-state index is 12.3. The van der Waals surface area contributed by atoms with Gasteiger partial charge < -0.3 is 24.5 Å². The first kappa shape index (κ1) is 20.4. The van der Waals surface area contributed by atoms with E-state index in [-0.39, 0.29) is 12.5 Å². The summed E-state index contributed by atoms with van der Waals surface area (Å²) in [5, 5.41) is 6.88. The van der Waals surface area contributed by atoms with Gasteiger partial charge in [0.2, 0.25) is 4.77 Å². The number of ether oxygens (including phenoxy) is 3. The van der Waals surface area contributed by atoms with Crippen molar-refractivity contribution in [2.45, 2.75) is 13.5 Å². The summed E-state index contributed by atoms with van der Waals surface area (Å²) in [4.78, 5) is 14.0. The van der Waals surface area contributed by atoms with Crippen LogP contribution in [0.4, 0.5) is 0 Å². The summed E-state index contributed by atoms with van der Waals surface area (Å²) in [6.07, 6.45) is 1.54. The maximum Gasteiger partial charge on any atom is 0.260 e. The van der Waals surface area contributed by atoms with Gasteiger partial charge in [-0.3, -0.25) is 9.89 Å². The van der Waals surface area contributed by atoms with Crippen LogP contribution in [0.3, 0.4) is 0 Å². The van der Waals surface area contributed by atoms with Crippen LogP contribution in [0, 0.1) is 4.77 Å². The van der Waals surface area contributed by atoms with E-state index in [1.807, 2.05) is 13.0 Å². The summed E-state index contributed by atoms with van der Waals surface area (Å²) in [6, 6.07) is 3.58. The van der Waals surface area contributed by atoms with Crippen molar-refractivity contribution in [3.63, 3.8) is 0 Å². The summed E-state index contributed by atoms with van der Waals surface area (Å²) in [7, 11) is 0. The van der Waals surface area contributed by atoms with Crippen LogP contribution in [0.5, 0.6) is 11.5 Å². The highest BCUT2D eigenvalue weighted by Gasteiger charge is 2.19. The molecule has 28 heavy (non-hydrogen) atoms. The number of nitrogens with zero attached hydrogens (tertiary/aromatic N) is 3. The quantitative estimate of drug-likeness (QED) is 0.622. The molecule has 1 aromatic carbocycles. The molecule has 11 heteroatoms. The molecule has 0 atom stereocenters. The molecule has 1 aromatic heterocycles. The van der Waals surface area contributed by atoms with Crippen LogP contribution in [-0.2, 0) is 16.1 Å². The van der Waals surface area contributed by atoms with Gasteiger partial charge in [0.1, 0.15) is 6.33 Å². The molecule has 0 spiro atoms. The first-order chi connectivity index (χ1) is 13.6. The summed E-state index contributed by atoms with van der Waals surface area (Å²) in [5.74, 6) is 0.730. The van der Waals surface area contributed by atoms with E-state index < -0.39 is 0 Å². The molecule has 3 rings (SSSR count). The second-order valence-corrected chi connectivity index (χ2v) is 6.78. The van der Waals surface area contributed by atoms with Gasteiger partial charge in [-0.15, -0.1) is 0 Å². The third-order valence-electron chi connectivity index (χ3n) is 4.08. The van der Waals surface area contributed by atoms with E-state index in [1.165, 1.54) is 0 Å². The first-order valence-electron chi connectivity index (χ1n) is 8.88. The zero-order valence-corrected chi connectivity index (χ0v) is 17.0. The van der Waals surface area contributed by atoms with Crippen molar-refractivity contribution in [3.8, 4) is 11.5 Å². The van der Waals surface area contributed by atoms with Crippen LogP contribution in [0.25, 0.3) is 0 Å². The highest BCUT2D eigenvalue weighted by molar-refractivity contribution is 7.71. The fourth-order valence-corrected chi connectivity index (χ4v) is 3.15. The van der Waals surface area contributed by atoms with E-state index in [0.29, 0.717) is 60.7 Å². The molecule has 2 aromatic rings. The minimum Gasteiger partial charge on any atom is -0.490 e. The van der Waals surface area contributed by atoms with Gasteiger partial charge in [-0.25, -0.2) is 4.68 Å². The maximum absolute atomic E-state index is 12.3. The van der Waals surface area contributed by atoms with Crippen LogP contribution in [0.2, 0.25) is 5.02 Å². The minimum absolute atomic E-state index is 0.109. The third-order valence-corrected chi connectivity index (χ3v) is 4.65. The Balaban J connectivity index is 1.68. The number of hydrogen-bond donors (Lipinski definition) is 2. The molecular formula is C17H22ClN5O4S. The number of morpholine rings is 1. The molecule has 0 bridgehead atoms. The zero-order valence-electron chi connectivity index (χ0n) is 15.4. The lowest BCUT2D eigenvalue weighted by Gasteiger charge is -2.27. The monoisotopic (exact) mass is 427 g/mol. The molecule has 1 aliphatic rings. The van der Waals surface area contributed by atoms with Crippen molar-refractivity contribution < 1.29 is 19.0 Å². The van der Waals surface area contributed by atoms with Crippen LogP contribution < -0.4 is 14.9 Å². The minimum atomic E-state index is -0.110. The van der Waals surface area contributed by atoms with Crippen LogP contribution >= 0.6 is 23.8 Å². The molecule has 0 saturated carbocycles. The van der Waals surface area contributed by atoms with Gasteiger partial charge >= 0.3 is 0 Å². The van der Waals surface area contributed by atoms with Crippen molar-refractivity contribution in [3.05, 3.63) is 33.8 Å². The molecule has 1 saturated heterocycles. The molecular weight excluding hydrogens is 406 g/mol. The van der Waals surface area contributed by atoms with Crippen molar-refractivity contribution in [1.82, 2.24) is 19.8 Å². The number of amides is 1. The van der Waals surface area contributed by atoms with Gasteiger partial charge in [0.25, 0.3) is 5.91 Å². The average molecular weight is 428 g/mol. The number of rotatable bonds is 8.